The van der Waals surface area contributed by atoms with Gasteiger partial charge in [-0.3, -0.25) is 4.79 Å². The molecule has 2 aromatic carbocycles. The fraction of sp³-hybridized carbons (Fsp3) is 0.0833. The molecule has 2 rings (SSSR count). The number of anilines is 1. The number of hydrogen-bond acceptors (Lipinski definition) is 2. The summed E-state index contributed by atoms with van der Waals surface area (Å²) in [4.78, 5) is 11.8. The largest absolute Gasteiger partial charge is 0.326 e. The zero-order valence-corrected chi connectivity index (χ0v) is 9.21. The maximum atomic E-state index is 10.9. The Bertz CT molecular complexity index is 522. The lowest BCUT2D eigenvalue weighted by Gasteiger charge is -2.04. The molecule has 1 amide bonds. The normalized spacial score (nSPS) is 10.3. The van der Waals surface area contributed by atoms with Gasteiger partial charge in [0.2, 0.25) is 5.91 Å². The first-order chi connectivity index (χ1) is 7.15. The lowest BCUT2D eigenvalue weighted by molar-refractivity contribution is -0.114. The van der Waals surface area contributed by atoms with E-state index in [1.165, 1.54) is 6.92 Å². The van der Waals surface area contributed by atoms with E-state index in [9.17, 15) is 4.79 Å². The Morgan fingerprint density at radius 3 is 2.53 bits per heavy atom. The van der Waals surface area contributed by atoms with Crippen molar-refractivity contribution in [1.82, 2.24) is 0 Å². The van der Waals surface area contributed by atoms with E-state index in [0.29, 0.717) is 0 Å². The smallest absolute Gasteiger partial charge is 0.221 e. The lowest BCUT2D eigenvalue weighted by Crippen LogP contribution is -2.05. The molecule has 1 N–H and O–H groups in total. The van der Waals surface area contributed by atoms with E-state index in [2.05, 4.69) is 17.9 Å². The topological polar surface area (TPSA) is 29.1 Å². The Morgan fingerprint density at radius 1 is 1.13 bits per heavy atom. The van der Waals surface area contributed by atoms with Crippen LogP contribution >= 0.6 is 12.6 Å². The van der Waals surface area contributed by atoms with Crippen LogP contribution in [0.2, 0.25) is 0 Å². The van der Waals surface area contributed by atoms with Crippen molar-refractivity contribution in [3.63, 3.8) is 0 Å². The summed E-state index contributed by atoms with van der Waals surface area (Å²) in [6.45, 7) is 1.50. The number of amides is 1. The first kappa shape index (κ1) is 10.1. The van der Waals surface area contributed by atoms with Gasteiger partial charge in [-0.1, -0.05) is 12.1 Å². The minimum atomic E-state index is -0.0554. The highest BCUT2D eigenvalue weighted by atomic mass is 32.1. The monoisotopic (exact) mass is 217 g/mol. The van der Waals surface area contributed by atoms with E-state index in [0.717, 1.165) is 21.4 Å². The van der Waals surface area contributed by atoms with Crippen molar-refractivity contribution in [3.8, 4) is 0 Å². The molecule has 0 aromatic heterocycles. The molecule has 3 heteroatoms. The van der Waals surface area contributed by atoms with Gasteiger partial charge >= 0.3 is 0 Å². The minimum Gasteiger partial charge on any atom is -0.326 e. The second-order valence-corrected chi connectivity index (χ2v) is 3.94. The number of carbonyl (C=O) groups is 1. The van der Waals surface area contributed by atoms with E-state index in [4.69, 9.17) is 0 Å². The van der Waals surface area contributed by atoms with Crippen molar-refractivity contribution in [2.45, 2.75) is 11.8 Å². The third-order valence-corrected chi connectivity index (χ3v) is 2.42. The average molecular weight is 217 g/mol. The molecule has 0 radical (unpaired) electrons. The maximum absolute atomic E-state index is 10.9. The molecule has 2 aromatic rings. The molecule has 0 saturated carbocycles. The van der Waals surface area contributed by atoms with Crippen LogP contribution < -0.4 is 5.32 Å². The van der Waals surface area contributed by atoms with Crippen LogP contribution in [-0.4, -0.2) is 5.91 Å². The molecule has 0 heterocycles. The molecular weight excluding hydrogens is 206 g/mol. The molecule has 0 spiro atoms. The Kier molecular flexibility index (Phi) is 2.64. The fourth-order valence-electron chi connectivity index (χ4n) is 1.51. The standard InChI is InChI=1S/C12H11NOS/c1-8(14)13-11-4-2-10-7-12(15)5-3-9(10)6-11/h2-7,15H,1H3,(H,13,14). The second-order valence-electron chi connectivity index (χ2n) is 3.43. The Balaban J connectivity index is 2.47. The van der Waals surface area contributed by atoms with Crippen LogP contribution in [0.15, 0.2) is 41.3 Å². The predicted molar refractivity (Wildman–Crippen MR) is 65.5 cm³/mol. The number of thiol groups is 1. The van der Waals surface area contributed by atoms with Crippen LogP contribution in [0, 0.1) is 0 Å². The molecule has 0 unspecified atom stereocenters. The molecule has 0 aliphatic heterocycles. The van der Waals surface area contributed by atoms with Crippen LogP contribution in [0.1, 0.15) is 6.92 Å². The number of nitrogens with one attached hydrogen (secondary N) is 1. The summed E-state index contributed by atoms with van der Waals surface area (Å²) in [5.74, 6) is -0.0554. The number of benzene rings is 2. The SMILES string of the molecule is CC(=O)Nc1ccc2cc(S)ccc2c1. The molecule has 2 nitrogen and oxygen atoms in total. The van der Waals surface area contributed by atoms with E-state index in [1.807, 2.05) is 36.4 Å². The van der Waals surface area contributed by atoms with Gasteiger partial charge in [-0.25, -0.2) is 0 Å². The van der Waals surface area contributed by atoms with Gasteiger partial charge in [-0.05, 0) is 35.0 Å². The van der Waals surface area contributed by atoms with Crippen LogP contribution in [-0.2, 0) is 4.79 Å². The molecule has 76 valence electrons. The summed E-state index contributed by atoms with van der Waals surface area (Å²) in [6, 6.07) is 11.7. The van der Waals surface area contributed by atoms with Crippen molar-refractivity contribution in [3.05, 3.63) is 36.4 Å². The van der Waals surface area contributed by atoms with E-state index < -0.39 is 0 Å². The zero-order valence-electron chi connectivity index (χ0n) is 8.32. The molecule has 0 aliphatic rings. The molecule has 0 bridgehead atoms. The average Bonchev–Trinajstić information content (AvgIpc) is 2.17. The summed E-state index contributed by atoms with van der Waals surface area (Å²) < 4.78 is 0. The lowest BCUT2D eigenvalue weighted by atomic mass is 10.1. The van der Waals surface area contributed by atoms with Crippen molar-refractivity contribution < 1.29 is 4.79 Å². The summed E-state index contributed by atoms with van der Waals surface area (Å²) in [6.07, 6.45) is 0. The second kappa shape index (κ2) is 3.95. The van der Waals surface area contributed by atoms with Gasteiger partial charge in [0.05, 0.1) is 0 Å². The van der Waals surface area contributed by atoms with Crippen LogP contribution in [0.5, 0.6) is 0 Å². The molecule has 0 aliphatic carbocycles. The van der Waals surface area contributed by atoms with E-state index >= 15 is 0 Å². The highest BCUT2D eigenvalue weighted by Crippen LogP contribution is 2.21. The molecule has 0 atom stereocenters. The maximum Gasteiger partial charge on any atom is 0.221 e. The van der Waals surface area contributed by atoms with Crippen molar-refractivity contribution in [2.24, 2.45) is 0 Å². The minimum absolute atomic E-state index is 0.0554. The van der Waals surface area contributed by atoms with Gasteiger partial charge in [-0.2, -0.15) is 0 Å². The van der Waals surface area contributed by atoms with Gasteiger partial charge in [0.15, 0.2) is 0 Å². The Labute approximate surface area is 93.7 Å². The highest BCUT2D eigenvalue weighted by Gasteiger charge is 1.98. The zero-order chi connectivity index (χ0) is 10.8. The summed E-state index contributed by atoms with van der Waals surface area (Å²) in [7, 11) is 0. The number of fused-ring (bicyclic) bond motifs is 1. The Morgan fingerprint density at radius 2 is 1.80 bits per heavy atom. The van der Waals surface area contributed by atoms with Crippen molar-refractivity contribution >= 4 is 35.0 Å². The third kappa shape index (κ3) is 2.30. The first-order valence-electron chi connectivity index (χ1n) is 4.65. The number of carbonyl (C=O) groups excluding carboxylic acids is 1. The quantitative estimate of drug-likeness (QED) is 0.706. The molecular formula is C12H11NOS. The van der Waals surface area contributed by atoms with Crippen LogP contribution in [0.25, 0.3) is 10.8 Å². The highest BCUT2D eigenvalue weighted by molar-refractivity contribution is 7.80. The first-order valence-corrected chi connectivity index (χ1v) is 5.10. The summed E-state index contributed by atoms with van der Waals surface area (Å²) >= 11 is 4.27. The van der Waals surface area contributed by atoms with Gasteiger partial charge in [0.1, 0.15) is 0 Å². The van der Waals surface area contributed by atoms with Gasteiger partial charge in [-0.15, -0.1) is 12.6 Å². The molecule has 15 heavy (non-hydrogen) atoms. The number of rotatable bonds is 1. The van der Waals surface area contributed by atoms with Crippen molar-refractivity contribution in [1.29, 1.82) is 0 Å². The van der Waals surface area contributed by atoms with Crippen LogP contribution in [0.3, 0.4) is 0 Å². The third-order valence-electron chi connectivity index (χ3n) is 2.14. The van der Waals surface area contributed by atoms with E-state index in [-0.39, 0.29) is 5.91 Å². The van der Waals surface area contributed by atoms with Gasteiger partial charge in [0, 0.05) is 17.5 Å². The summed E-state index contributed by atoms with van der Waals surface area (Å²) in [5, 5.41) is 4.97. The predicted octanol–water partition coefficient (Wildman–Crippen LogP) is 3.09. The summed E-state index contributed by atoms with van der Waals surface area (Å²) in [5.41, 5.74) is 0.821. The molecule has 0 fully saturated rings. The molecule has 0 saturated heterocycles. The fourth-order valence-corrected chi connectivity index (χ4v) is 1.73. The number of hydrogen-bond donors (Lipinski definition) is 2. The van der Waals surface area contributed by atoms with Crippen molar-refractivity contribution in [2.75, 3.05) is 5.32 Å². The van der Waals surface area contributed by atoms with Gasteiger partial charge < -0.3 is 5.32 Å². The van der Waals surface area contributed by atoms with Crippen LogP contribution in [0.4, 0.5) is 5.69 Å². The van der Waals surface area contributed by atoms with E-state index in [1.54, 1.807) is 0 Å². The Hall–Kier alpha value is -1.48. The van der Waals surface area contributed by atoms with Gasteiger partial charge in [0.25, 0.3) is 0 Å².